The maximum Gasteiger partial charge on any atom is 0.0286 e. The third-order valence-corrected chi connectivity index (χ3v) is 3.00. The molecule has 0 aromatic heterocycles. The van der Waals surface area contributed by atoms with Gasteiger partial charge in [-0.25, -0.2) is 0 Å². The van der Waals surface area contributed by atoms with E-state index in [9.17, 15) is 0 Å². The van der Waals surface area contributed by atoms with Crippen molar-refractivity contribution in [1.82, 2.24) is 0 Å². The highest BCUT2D eigenvalue weighted by molar-refractivity contribution is 5.11. The molecule has 0 atom stereocenters. The smallest absolute Gasteiger partial charge is 0.0286 e. The van der Waals surface area contributed by atoms with Gasteiger partial charge in [0.2, 0.25) is 0 Å². The summed E-state index contributed by atoms with van der Waals surface area (Å²) >= 11 is 0. The fraction of sp³-hybridized carbons (Fsp3) is 0.846. The van der Waals surface area contributed by atoms with Crippen molar-refractivity contribution < 1.29 is 0 Å². The van der Waals surface area contributed by atoms with Gasteiger partial charge in [-0.1, -0.05) is 38.5 Å². The van der Waals surface area contributed by atoms with Gasteiger partial charge in [0.1, 0.15) is 0 Å². The average molecular weight is 178 g/mol. The van der Waals surface area contributed by atoms with Crippen LogP contribution in [-0.4, -0.2) is 0 Å². The molecule has 0 saturated heterocycles. The summed E-state index contributed by atoms with van der Waals surface area (Å²) in [5.41, 5.74) is 0.367. The average Bonchev–Trinajstić information content (AvgIpc) is 2.14. The minimum absolute atomic E-state index is 0.367. The van der Waals surface area contributed by atoms with Gasteiger partial charge < -0.3 is 0 Å². The minimum Gasteiger partial charge on any atom is -0.103 e. The predicted octanol–water partition coefficient (Wildman–Crippen LogP) is 4.15. The van der Waals surface area contributed by atoms with Crippen LogP contribution in [0.3, 0.4) is 0 Å². The molecule has 0 unspecified atom stereocenters. The molecule has 0 bridgehead atoms. The third-order valence-electron chi connectivity index (χ3n) is 3.00. The second kappa shape index (κ2) is 5.32. The Kier molecular flexibility index (Phi) is 4.36. The zero-order chi connectivity index (χ0) is 9.57. The first-order valence-electron chi connectivity index (χ1n) is 5.77. The molecular formula is C13H22. The molecule has 0 N–H and O–H groups in total. The number of hydrogen-bond acceptors (Lipinski definition) is 0. The fourth-order valence-electron chi connectivity index (χ4n) is 2.00. The van der Waals surface area contributed by atoms with Gasteiger partial charge in [-0.2, -0.15) is 0 Å². The van der Waals surface area contributed by atoms with Crippen molar-refractivity contribution in [2.75, 3.05) is 0 Å². The molecule has 1 saturated carbocycles. The Morgan fingerprint density at radius 1 is 1.15 bits per heavy atom. The van der Waals surface area contributed by atoms with Gasteiger partial charge in [-0.15, -0.1) is 5.92 Å². The standard InChI is InChI=1S/C13H22/c1-3-4-5-7-10-13(2)11-8-6-9-12-13/h3-6,8-9,11-12H2,1-2H3. The molecule has 0 aromatic carbocycles. The van der Waals surface area contributed by atoms with E-state index in [4.69, 9.17) is 0 Å². The van der Waals surface area contributed by atoms with Crippen LogP contribution in [0, 0.1) is 17.3 Å². The van der Waals surface area contributed by atoms with E-state index in [1.165, 1.54) is 44.9 Å². The number of unbranched alkanes of at least 4 members (excludes halogenated alkanes) is 2. The van der Waals surface area contributed by atoms with Crippen LogP contribution in [0.2, 0.25) is 0 Å². The second-order valence-corrected chi connectivity index (χ2v) is 4.53. The monoisotopic (exact) mass is 178 g/mol. The van der Waals surface area contributed by atoms with E-state index in [0.717, 1.165) is 6.42 Å². The van der Waals surface area contributed by atoms with Crippen LogP contribution >= 0.6 is 0 Å². The van der Waals surface area contributed by atoms with Crippen molar-refractivity contribution in [2.45, 2.75) is 65.2 Å². The highest BCUT2D eigenvalue weighted by Crippen LogP contribution is 2.34. The molecule has 0 heteroatoms. The van der Waals surface area contributed by atoms with Crippen molar-refractivity contribution in [3.8, 4) is 11.8 Å². The zero-order valence-corrected chi connectivity index (χ0v) is 9.16. The molecule has 74 valence electrons. The Labute approximate surface area is 83.1 Å². The SMILES string of the molecule is CCCCC#CC1(C)CCCCC1. The summed E-state index contributed by atoms with van der Waals surface area (Å²) in [6, 6.07) is 0. The highest BCUT2D eigenvalue weighted by atomic mass is 14.3. The molecule has 0 nitrogen and oxygen atoms in total. The van der Waals surface area contributed by atoms with Crippen molar-refractivity contribution in [3.05, 3.63) is 0 Å². The largest absolute Gasteiger partial charge is 0.103 e. The van der Waals surface area contributed by atoms with Gasteiger partial charge in [0.15, 0.2) is 0 Å². The van der Waals surface area contributed by atoms with Crippen LogP contribution in [0.1, 0.15) is 65.2 Å². The first kappa shape index (κ1) is 10.6. The zero-order valence-electron chi connectivity index (χ0n) is 9.16. The van der Waals surface area contributed by atoms with Gasteiger partial charge >= 0.3 is 0 Å². The normalized spacial score (nSPS) is 20.5. The first-order chi connectivity index (χ1) is 6.27. The van der Waals surface area contributed by atoms with Crippen LogP contribution in [0.5, 0.6) is 0 Å². The van der Waals surface area contributed by atoms with Gasteiger partial charge in [-0.3, -0.25) is 0 Å². The Hall–Kier alpha value is -0.440. The topological polar surface area (TPSA) is 0 Å². The summed E-state index contributed by atoms with van der Waals surface area (Å²) < 4.78 is 0. The van der Waals surface area contributed by atoms with Crippen molar-refractivity contribution >= 4 is 0 Å². The van der Waals surface area contributed by atoms with Gasteiger partial charge in [0, 0.05) is 11.8 Å². The predicted molar refractivity (Wildman–Crippen MR) is 58.5 cm³/mol. The molecule has 0 aliphatic heterocycles. The fourth-order valence-corrected chi connectivity index (χ4v) is 2.00. The Balaban J connectivity index is 2.33. The van der Waals surface area contributed by atoms with Crippen LogP contribution < -0.4 is 0 Å². The van der Waals surface area contributed by atoms with E-state index < -0.39 is 0 Å². The Morgan fingerprint density at radius 2 is 1.85 bits per heavy atom. The Morgan fingerprint density at radius 3 is 2.46 bits per heavy atom. The number of rotatable bonds is 2. The molecule has 1 fully saturated rings. The molecule has 0 heterocycles. The highest BCUT2D eigenvalue weighted by Gasteiger charge is 2.23. The first-order valence-corrected chi connectivity index (χ1v) is 5.77. The van der Waals surface area contributed by atoms with Crippen LogP contribution in [0.25, 0.3) is 0 Å². The quantitative estimate of drug-likeness (QED) is 0.440. The summed E-state index contributed by atoms with van der Waals surface area (Å²) in [5, 5.41) is 0. The lowest BCUT2D eigenvalue weighted by Gasteiger charge is -2.27. The maximum atomic E-state index is 3.48. The lowest BCUT2D eigenvalue weighted by molar-refractivity contribution is 0.299. The molecule has 0 aromatic rings. The van der Waals surface area contributed by atoms with E-state index in [0.29, 0.717) is 5.41 Å². The maximum absolute atomic E-state index is 3.48. The summed E-state index contributed by atoms with van der Waals surface area (Å²) in [6.45, 7) is 4.56. The summed E-state index contributed by atoms with van der Waals surface area (Å²) in [5.74, 6) is 6.83. The summed E-state index contributed by atoms with van der Waals surface area (Å²) in [7, 11) is 0. The molecule has 1 aliphatic rings. The van der Waals surface area contributed by atoms with Crippen LogP contribution in [-0.2, 0) is 0 Å². The molecule has 0 amide bonds. The summed E-state index contributed by atoms with van der Waals surface area (Å²) in [4.78, 5) is 0. The molecule has 1 aliphatic carbocycles. The van der Waals surface area contributed by atoms with Crippen LogP contribution in [0.15, 0.2) is 0 Å². The van der Waals surface area contributed by atoms with E-state index in [2.05, 4.69) is 25.7 Å². The molecular weight excluding hydrogens is 156 g/mol. The van der Waals surface area contributed by atoms with Gasteiger partial charge in [0.25, 0.3) is 0 Å². The van der Waals surface area contributed by atoms with Crippen molar-refractivity contribution in [2.24, 2.45) is 5.41 Å². The molecule has 1 rings (SSSR count). The van der Waals surface area contributed by atoms with Crippen molar-refractivity contribution in [1.29, 1.82) is 0 Å². The lowest BCUT2D eigenvalue weighted by atomic mass is 9.76. The van der Waals surface area contributed by atoms with E-state index >= 15 is 0 Å². The van der Waals surface area contributed by atoms with E-state index in [1.807, 2.05) is 0 Å². The van der Waals surface area contributed by atoms with E-state index in [1.54, 1.807) is 0 Å². The minimum atomic E-state index is 0.367. The second-order valence-electron chi connectivity index (χ2n) is 4.53. The van der Waals surface area contributed by atoms with Crippen molar-refractivity contribution in [3.63, 3.8) is 0 Å². The van der Waals surface area contributed by atoms with Crippen LogP contribution in [0.4, 0.5) is 0 Å². The van der Waals surface area contributed by atoms with Gasteiger partial charge in [0.05, 0.1) is 0 Å². The lowest BCUT2D eigenvalue weighted by Crippen LogP contribution is -2.17. The molecule has 13 heavy (non-hydrogen) atoms. The Bertz CT molecular complexity index is 186. The van der Waals surface area contributed by atoms with E-state index in [-0.39, 0.29) is 0 Å². The molecule has 0 radical (unpaired) electrons. The molecule has 0 spiro atoms. The van der Waals surface area contributed by atoms with Gasteiger partial charge in [-0.05, 0) is 26.2 Å². The third kappa shape index (κ3) is 3.85. The number of hydrogen-bond donors (Lipinski definition) is 0. The summed E-state index contributed by atoms with van der Waals surface area (Å²) in [6.07, 6.45) is 10.5.